The van der Waals surface area contributed by atoms with Gasteiger partial charge in [0.05, 0.1) is 25.0 Å². The van der Waals surface area contributed by atoms with Gasteiger partial charge >= 0.3 is 0 Å². The van der Waals surface area contributed by atoms with E-state index in [0.717, 1.165) is 5.56 Å². The highest BCUT2D eigenvalue weighted by molar-refractivity contribution is 7.91. The number of nitrogens with one attached hydrogen (secondary N) is 2. The van der Waals surface area contributed by atoms with Gasteiger partial charge in [-0.25, -0.2) is 22.8 Å². The zero-order chi connectivity index (χ0) is 26.8. The standard InChI is InChI=1S/C27H31FN4O4S/c1-27(2,3)16-29-23(33)14-17-7-10-19(11-8-17)30-26-24-21(6-5-13-37(24,34)35)31-25(32-26)18-9-12-22(36-4)20(28)15-18/h7-12,15H,5-6,13-14,16H2,1-4H3,(H,29,33)(H,30,31,32). The van der Waals surface area contributed by atoms with E-state index in [-0.39, 0.29) is 45.8 Å². The molecule has 1 aliphatic rings. The Kier molecular flexibility index (Phi) is 7.49. The lowest BCUT2D eigenvalue weighted by molar-refractivity contribution is -0.120. The molecule has 1 amide bonds. The smallest absolute Gasteiger partial charge is 0.224 e. The number of nitrogens with zero attached hydrogens (tertiary/aromatic N) is 2. The number of rotatable bonds is 7. The number of amides is 1. The van der Waals surface area contributed by atoms with Gasteiger partial charge in [0.15, 0.2) is 33.0 Å². The monoisotopic (exact) mass is 526 g/mol. The second kappa shape index (κ2) is 10.5. The molecule has 0 saturated heterocycles. The summed E-state index contributed by atoms with van der Waals surface area (Å²) in [6.07, 6.45) is 1.16. The molecule has 1 aromatic heterocycles. The largest absolute Gasteiger partial charge is 0.494 e. The molecular weight excluding hydrogens is 495 g/mol. The SMILES string of the molecule is COc1ccc(-c2nc3c(c(Nc4ccc(CC(=O)NCC(C)(C)C)cc4)n2)S(=O)(=O)CCC3)cc1F. The summed E-state index contributed by atoms with van der Waals surface area (Å²) in [5.74, 6) is -0.168. The Labute approximate surface area is 216 Å². The van der Waals surface area contributed by atoms with Crippen LogP contribution in [0.5, 0.6) is 5.75 Å². The van der Waals surface area contributed by atoms with Gasteiger partial charge in [0, 0.05) is 17.8 Å². The predicted molar refractivity (Wildman–Crippen MR) is 140 cm³/mol. The molecule has 0 unspecified atom stereocenters. The van der Waals surface area contributed by atoms with Crippen molar-refractivity contribution in [1.29, 1.82) is 0 Å². The fourth-order valence-corrected chi connectivity index (χ4v) is 5.62. The van der Waals surface area contributed by atoms with Crippen LogP contribution >= 0.6 is 0 Å². The number of sulfone groups is 1. The van der Waals surface area contributed by atoms with E-state index in [1.54, 1.807) is 30.3 Å². The molecule has 0 fully saturated rings. The van der Waals surface area contributed by atoms with Crippen LogP contribution in [0.1, 0.15) is 38.4 Å². The molecule has 37 heavy (non-hydrogen) atoms. The fraction of sp³-hybridized carbons (Fsp3) is 0.370. The summed E-state index contributed by atoms with van der Waals surface area (Å²) in [5, 5.41) is 6.04. The van der Waals surface area contributed by atoms with Crippen LogP contribution in [0.2, 0.25) is 0 Å². The lowest BCUT2D eigenvalue weighted by Crippen LogP contribution is -2.33. The van der Waals surface area contributed by atoms with Gasteiger partial charge in [-0.15, -0.1) is 0 Å². The Morgan fingerprint density at radius 2 is 1.84 bits per heavy atom. The molecule has 0 radical (unpaired) electrons. The highest BCUT2D eigenvalue weighted by Gasteiger charge is 2.30. The zero-order valence-corrected chi connectivity index (χ0v) is 22.2. The zero-order valence-electron chi connectivity index (χ0n) is 21.4. The molecule has 3 aromatic rings. The second-order valence-electron chi connectivity index (χ2n) is 10.3. The fourth-order valence-electron chi connectivity index (χ4n) is 4.00. The number of ether oxygens (including phenoxy) is 1. The van der Waals surface area contributed by atoms with Gasteiger partial charge in [0.25, 0.3) is 0 Å². The molecule has 2 N–H and O–H groups in total. The minimum atomic E-state index is -3.59. The lowest BCUT2D eigenvalue weighted by atomic mass is 9.97. The van der Waals surface area contributed by atoms with E-state index in [4.69, 9.17) is 4.74 Å². The maximum Gasteiger partial charge on any atom is 0.224 e. The van der Waals surface area contributed by atoms with Crippen molar-refractivity contribution in [3.05, 3.63) is 59.5 Å². The van der Waals surface area contributed by atoms with Crippen molar-refractivity contribution < 1.29 is 22.3 Å². The maximum atomic E-state index is 14.4. The Morgan fingerprint density at radius 1 is 1.11 bits per heavy atom. The molecule has 0 bridgehead atoms. The molecule has 10 heteroatoms. The first kappa shape index (κ1) is 26.5. The summed E-state index contributed by atoms with van der Waals surface area (Å²) in [6, 6.07) is 11.5. The van der Waals surface area contributed by atoms with Crippen molar-refractivity contribution in [2.45, 2.75) is 44.9 Å². The first-order valence-electron chi connectivity index (χ1n) is 12.1. The number of benzene rings is 2. The van der Waals surface area contributed by atoms with Crippen LogP contribution in [0.25, 0.3) is 11.4 Å². The number of methoxy groups -OCH3 is 1. The van der Waals surface area contributed by atoms with Crippen molar-refractivity contribution in [3.8, 4) is 17.1 Å². The van der Waals surface area contributed by atoms with Gasteiger partial charge < -0.3 is 15.4 Å². The van der Waals surface area contributed by atoms with Gasteiger partial charge in [0.1, 0.15) is 4.90 Å². The Balaban J connectivity index is 1.62. The van der Waals surface area contributed by atoms with Crippen molar-refractivity contribution in [2.75, 3.05) is 24.7 Å². The Morgan fingerprint density at radius 3 is 2.49 bits per heavy atom. The van der Waals surface area contributed by atoms with Crippen LogP contribution in [0, 0.1) is 11.2 Å². The summed E-state index contributed by atoms with van der Waals surface area (Å²) < 4.78 is 45.2. The third kappa shape index (κ3) is 6.43. The minimum absolute atomic E-state index is 0.00308. The van der Waals surface area contributed by atoms with Gasteiger partial charge in [-0.3, -0.25) is 4.79 Å². The van der Waals surface area contributed by atoms with E-state index < -0.39 is 15.7 Å². The van der Waals surface area contributed by atoms with E-state index >= 15 is 0 Å². The van der Waals surface area contributed by atoms with Crippen molar-refractivity contribution >= 4 is 27.2 Å². The minimum Gasteiger partial charge on any atom is -0.494 e. The maximum absolute atomic E-state index is 14.4. The van der Waals surface area contributed by atoms with Gasteiger partial charge in [-0.1, -0.05) is 32.9 Å². The van der Waals surface area contributed by atoms with E-state index in [2.05, 4.69) is 41.4 Å². The molecule has 1 aliphatic heterocycles. The van der Waals surface area contributed by atoms with Crippen molar-refractivity contribution in [2.24, 2.45) is 5.41 Å². The summed E-state index contributed by atoms with van der Waals surface area (Å²) in [5.41, 5.74) is 2.23. The van der Waals surface area contributed by atoms with Crippen molar-refractivity contribution in [1.82, 2.24) is 15.3 Å². The van der Waals surface area contributed by atoms with E-state index in [1.807, 2.05) is 0 Å². The van der Waals surface area contributed by atoms with Gasteiger partial charge in [0.2, 0.25) is 5.91 Å². The number of carbonyl (C=O) groups excluding carboxylic acids is 1. The number of anilines is 2. The predicted octanol–water partition coefficient (Wildman–Crippen LogP) is 4.46. The van der Waals surface area contributed by atoms with Gasteiger partial charge in [-0.2, -0.15) is 0 Å². The number of hydrogen-bond donors (Lipinski definition) is 2. The molecule has 0 saturated carbocycles. The quantitative estimate of drug-likeness (QED) is 0.468. The average molecular weight is 527 g/mol. The first-order chi connectivity index (χ1) is 17.4. The second-order valence-corrected chi connectivity index (χ2v) is 12.3. The molecular formula is C27H31FN4O4S. The van der Waals surface area contributed by atoms with E-state index in [9.17, 15) is 17.6 Å². The molecule has 2 aromatic carbocycles. The highest BCUT2D eigenvalue weighted by atomic mass is 32.2. The first-order valence-corrected chi connectivity index (χ1v) is 13.7. The van der Waals surface area contributed by atoms with Crippen LogP contribution in [0.4, 0.5) is 15.9 Å². The summed E-state index contributed by atoms with van der Waals surface area (Å²) in [6.45, 7) is 6.74. The van der Waals surface area contributed by atoms with Crippen LogP contribution < -0.4 is 15.4 Å². The summed E-state index contributed by atoms with van der Waals surface area (Å²) >= 11 is 0. The van der Waals surface area contributed by atoms with E-state index in [0.29, 0.717) is 36.3 Å². The third-order valence-electron chi connectivity index (χ3n) is 5.88. The van der Waals surface area contributed by atoms with E-state index in [1.165, 1.54) is 19.2 Å². The molecule has 2 heterocycles. The van der Waals surface area contributed by atoms with Crippen LogP contribution in [0.3, 0.4) is 0 Å². The number of aromatic nitrogens is 2. The molecule has 196 valence electrons. The van der Waals surface area contributed by atoms with Crippen molar-refractivity contribution in [3.63, 3.8) is 0 Å². The topological polar surface area (TPSA) is 110 Å². The van der Waals surface area contributed by atoms with Crippen LogP contribution in [0.15, 0.2) is 47.4 Å². The number of fused-ring (bicyclic) bond motifs is 1. The Bertz CT molecular complexity index is 1420. The number of hydrogen-bond acceptors (Lipinski definition) is 7. The number of carbonyl (C=O) groups is 1. The summed E-state index contributed by atoms with van der Waals surface area (Å²) in [7, 11) is -2.21. The lowest BCUT2D eigenvalue weighted by Gasteiger charge is -2.20. The third-order valence-corrected chi connectivity index (χ3v) is 7.76. The average Bonchev–Trinajstić information content (AvgIpc) is 2.83. The molecule has 4 rings (SSSR count). The highest BCUT2D eigenvalue weighted by Crippen LogP contribution is 2.34. The van der Waals surface area contributed by atoms with Gasteiger partial charge in [-0.05, 0) is 54.2 Å². The molecule has 0 aliphatic carbocycles. The molecule has 0 spiro atoms. The Hall–Kier alpha value is -3.53. The molecule has 0 atom stereocenters. The van der Waals surface area contributed by atoms with Crippen LogP contribution in [-0.4, -0.2) is 43.7 Å². The van der Waals surface area contributed by atoms with Crippen LogP contribution in [-0.2, 0) is 27.5 Å². The number of aryl methyl sites for hydroxylation is 1. The number of halogens is 1. The normalized spacial score (nSPS) is 14.5. The summed E-state index contributed by atoms with van der Waals surface area (Å²) in [4.78, 5) is 21.3. The molecule has 8 nitrogen and oxygen atoms in total.